The molecule has 0 aliphatic carbocycles. The van der Waals surface area contributed by atoms with Crippen molar-refractivity contribution in [1.29, 1.82) is 0 Å². The van der Waals surface area contributed by atoms with E-state index in [-0.39, 0.29) is 11.6 Å². The summed E-state index contributed by atoms with van der Waals surface area (Å²) in [5, 5.41) is 2.62. The maximum absolute atomic E-state index is 12.9. The van der Waals surface area contributed by atoms with Crippen molar-refractivity contribution in [3.8, 4) is 0 Å². The number of hydrogen-bond acceptors (Lipinski definition) is 3. The van der Waals surface area contributed by atoms with Gasteiger partial charge in [-0.2, -0.15) is 0 Å². The zero-order chi connectivity index (χ0) is 13.5. The SMILES string of the molecule is CCS(=O)CCCC(=O)Nc1ccc(F)c(N)c1. The predicted octanol–water partition coefficient (Wildman–Crippen LogP) is 1.90. The maximum Gasteiger partial charge on any atom is 0.224 e. The molecule has 1 amide bonds. The maximum atomic E-state index is 12.9. The van der Waals surface area contributed by atoms with Crippen molar-refractivity contribution in [2.24, 2.45) is 0 Å². The van der Waals surface area contributed by atoms with Crippen molar-refractivity contribution in [2.75, 3.05) is 22.6 Å². The van der Waals surface area contributed by atoms with E-state index in [1.165, 1.54) is 18.2 Å². The molecule has 1 aromatic rings. The van der Waals surface area contributed by atoms with Gasteiger partial charge in [-0.1, -0.05) is 6.92 Å². The summed E-state index contributed by atoms with van der Waals surface area (Å²) in [4.78, 5) is 11.5. The third-order valence-corrected chi connectivity index (χ3v) is 3.77. The number of carbonyl (C=O) groups excluding carboxylic acids is 1. The lowest BCUT2D eigenvalue weighted by Gasteiger charge is -2.06. The lowest BCUT2D eigenvalue weighted by atomic mass is 10.2. The number of benzene rings is 1. The Hall–Kier alpha value is -1.43. The number of rotatable bonds is 6. The van der Waals surface area contributed by atoms with Crippen LogP contribution >= 0.6 is 0 Å². The Labute approximate surface area is 108 Å². The molecule has 0 aromatic heterocycles. The highest BCUT2D eigenvalue weighted by Gasteiger charge is 2.05. The first-order chi connectivity index (χ1) is 8.52. The minimum Gasteiger partial charge on any atom is -0.396 e. The van der Waals surface area contributed by atoms with E-state index in [0.29, 0.717) is 30.0 Å². The van der Waals surface area contributed by atoms with E-state index < -0.39 is 16.6 Å². The topological polar surface area (TPSA) is 72.2 Å². The smallest absolute Gasteiger partial charge is 0.224 e. The number of halogens is 1. The van der Waals surface area contributed by atoms with Gasteiger partial charge in [-0.05, 0) is 24.6 Å². The molecule has 1 atom stereocenters. The van der Waals surface area contributed by atoms with Crippen molar-refractivity contribution < 1.29 is 13.4 Å². The summed E-state index contributed by atoms with van der Waals surface area (Å²) >= 11 is 0. The Morgan fingerprint density at radius 3 is 2.83 bits per heavy atom. The van der Waals surface area contributed by atoms with Crippen molar-refractivity contribution in [1.82, 2.24) is 0 Å². The molecular weight excluding hydrogens is 255 g/mol. The third kappa shape index (κ3) is 4.83. The van der Waals surface area contributed by atoms with Crippen LogP contribution in [0.2, 0.25) is 0 Å². The summed E-state index contributed by atoms with van der Waals surface area (Å²) in [5.41, 5.74) is 5.86. The number of amides is 1. The number of nitrogens with one attached hydrogen (secondary N) is 1. The quantitative estimate of drug-likeness (QED) is 0.777. The van der Waals surface area contributed by atoms with Gasteiger partial charge in [0.15, 0.2) is 0 Å². The van der Waals surface area contributed by atoms with Gasteiger partial charge in [0.2, 0.25) is 5.91 Å². The monoisotopic (exact) mass is 272 g/mol. The molecule has 0 bridgehead atoms. The highest BCUT2D eigenvalue weighted by atomic mass is 32.2. The van der Waals surface area contributed by atoms with Crippen LogP contribution in [0.3, 0.4) is 0 Å². The minimum absolute atomic E-state index is 0.000105. The number of hydrogen-bond donors (Lipinski definition) is 2. The minimum atomic E-state index is -0.846. The fourth-order valence-electron chi connectivity index (χ4n) is 1.38. The van der Waals surface area contributed by atoms with E-state index in [9.17, 15) is 13.4 Å². The standard InChI is InChI=1S/C12H17FN2O2S/c1-2-18(17)7-3-4-12(16)15-9-5-6-10(13)11(14)8-9/h5-6,8H,2-4,7,14H2,1H3,(H,15,16). The molecule has 0 saturated carbocycles. The van der Waals surface area contributed by atoms with Crippen LogP contribution in [0.25, 0.3) is 0 Å². The van der Waals surface area contributed by atoms with Gasteiger partial charge in [0, 0.05) is 34.4 Å². The van der Waals surface area contributed by atoms with E-state index in [1.807, 2.05) is 6.92 Å². The summed E-state index contributed by atoms with van der Waals surface area (Å²) < 4.78 is 24.1. The average Bonchev–Trinajstić information content (AvgIpc) is 2.33. The van der Waals surface area contributed by atoms with Gasteiger partial charge in [-0.3, -0.25) is 9.00 Å². The van der Waals surface area contributed by atoms with Crippen LogP contribution in [-0.2, 0) is 15.6 Å². The van der Waals surface area contributed by atoms with Crippen molar-refractivity contribution in [2.45, 2.75) is 19.8 Å². The molecule has 4 nitrogen and oxygen atoms in total. The first-order valence-corrected chi connectivity index (χ1v) is 7.21. The van der Waals surface area contributed by atoms with E-state index in [2.05, 4.69) is 5.32 Å². The molecule has 0 heterocycles. The largest absolute Gasteiger partial charge is 0.396 e. The molecule has 0 spiro atoms. The molecule has 100 valence electrons. The molecule has 3 N–H and O–H groups in total. The third-order valence-electron chi connectivity index (χ3n) is 2.38. The Morgan fingerprint density at radius 2 is 2.22 bits per heavy atom. The fourth-order valence-corrected chi connectivity index (χ4v) is 2.14. The van der Waals surface area contributed by atoms with Gasteiger partial charge in [-0.25, -0.2) is 4.39 Å². The molecule has 1 rings (SSSR count). The molecule has 1 aromatic carbocycles. The summed E-state index contributed by atoms with van der Waals surface area (Å²) in [6.45, 7) is 1.84. The van der Waals surface area contributed by atoms with Gasteiger partial charge in [0.05, 0.1) is 5.69 Å². The molecule has 0 saturated heterocycles. The molecule has 0 aliphatic heterocycles. The van der Waals surface area contributed by atoms with Gasteiger partial charge in [0.25, 0.3) is 0 Å². The molecule has 6 heteroatoms. The summed E-state index contributed by atoms with van der Waals surface area (Å²) in [5.74, 6) is 0.437. The molecule has 0 radical (unpaired) electrons. The second kappa shape index (κ2) is 7.10. The number of carbonyl (C=O) groups is 1. The molecule has 1 unspecified atom stereocenters. The first kappa shape index (κ1) is 14.6. The second-order valence-corrected chi connectivity index (χ2v) is 5.69. The van der Waals surface area contributed by atoms with Crippen molar-refractivity contribution >= 4 is 28.1 Å². The summed E-state index contributed by atoms with van der Waals surface area (Å²) in [6.07, 6.45) is 0.867. The molecule has 0 aliphatic rings. The van der Waals surface area contributed by atoms with E-state index >= 15 is 0 Å². The zero-order valence-electron chi connectivity index (χ0n) is 10.2. The average molecular weight is 272 g/mol. The zero-order valence-corrected chi connectivity index (χ0v) is 11.1. The summed E-state index contributed by atoms with van der Waals surface area (Å²) in [7, 11) is -0.846. The fraction of sp³-hybridized carbons (Fsp3) is 0.417. The number of nitrogen functional groups attached to an aromatic ring is 1. The van der Waals surface area contributed by atoms with Gasteiger partial charge in [-0.15, -0.1) is 0 Å². The van der Waals surface area contributed by atoms with Crippen LogP contribution in [0.4, 0.5) is 15.8 Å². The van der Waals surface area contributed by atoms with Crippen LogP contribution in [0.1, 0.15) is 19.8 Å². The Bertz CT molecular complexity index is 452. The highest BCUT2D eigenvalue weighted by Crippen LogP contribution is 2.16. The van der Waals surface area contributed by atoms with E-state index in [1.54, 1.807) is 0 Å². The van der Waals surface area contributed by atoms with Gasteiger partial charge in [0.1, 0.15) is 5.82 Å². The Kier molecular flexibility index (Phi) is 5.77. The van der Waals surface area contributed by atoms with E-state index in [0.717, 1.165) is 0 Å². The lowest BCUT2D eigenvalue weighted by Crippen LogP contribution is -2.13. The Balaban J connectivity index is 2.40. The highest BCUT2D eigenvalue weighted by molar-refractivity contribution is 7.84. The van der Waals surface area contributed by atoms with Crippen LogP contribution in [-0.4, -0.2) is 21.6 Å². The van der Waals surface area contributed by atoms with Crippen LogP contribution in [0, 0.1) is 5.82 Å². The molecule has 18 heavy (non-hydrogen) atoms. The Morgan fingerprint density at radius 1 is 1.50 bits per heavy atom. The lowest BCUT2D eigenvalue weighted by molar-refractivity contribution is -0.116. The van der Waals surface area contributed by atoms with Gasteiger partial charge < -0.3 is 11.1 Å². The second-order valence-electron chi connectivity index (χ2n) is 3.82. The van der Waals surface area contributed by atoms with Crippen LogP contribution in [0.15, 0.2) is 18.2 Å². The number of anilines is 2. The predicted molar refractivity (Wildman–Crippen MR) is 72.2 cm³/mol. The van der Waals surface area contributed by atoms with Gasteiger partial charge >= 0.3 is 0 Å². The normalized spacial score (nSPS) is 12.1. The number of nitrogens with two attached hydrogens (primary N) is 1. The summed E-state index contributed by atoms with van der Waals surface area (Å²) in [6, 6.07) is 4.03. The molecular formula is C12H17FN2O2S. The van der Waals surface area contributed by atoms with Crippen LogP contribution in [0.5, 0.6) is 0 Å². The van der Waals surface area contributed by atoms with Crippen molar-refractivity contribution in [3.63, 3.8) is 0 Å². The van der Waals surface area contributed by atoms with Crippen LogP contribution < -0.4 is 11.1 Å². The van der Waals surface area contributed by atoms with Crippen molar-refractivity contribution in [3.05, 3.63) is 24.0 Å². The molecule has 0 fully saturated rings. The first-order valence-electron chi connectivity index (χ1n) is 5.72. The van der Waals surface area contributed by atoms with E-state index in [4.69, 9.17) is 5.73 Å².